The molecule has 2 N–H and O–H groups in total. The molecule has 0 atom stereocenters. The molecule has 1 aromatic heterocycles. The van der Waals surface area contributed by atoms with Crippen LogP contribution in [0.2, 0.25) is 10.0 Å². The van der Waals surface area contributed by atoms with E-state index in [1.165, 1.54) is 14.2 Å². The number of rotatable bonds is 6. The number of amides is 2. The second-order valence-electron chi connectivity index (χ2n) is 5.67. The smallest absolute Gasteiger partial charge is 0.263 e. The van der Waals surface area contributed by atoms with E-state index in [4.69, 9.17) is 32.7 Å². The molecule has 28 heavy (non-hydrogen) atoms. The van der Waals surface area contributed by atoms with Crippen molar-refractivity contribution in [2.45, 2.75) is 0 Å². The summed E-state index contributed by atoms with van der Waals surface area (Å²) >= 11 is 13.6. The molecular formula is C19H16Cl2N2O4S. The Morgan fingerprint density at radius 1 is 1.11 bits per heavy atom. The van der Waals surface area contributed by atoms with Crippen LogP contribution in [0.15, 0.2) is 36.4 Å². The zero-order valence-corrected chi connectivity index (χ0v) is 17.3. The van der Waals surface area contributed by atoms with E-state index in [9.17, 15) is 9.59 Å². The van der Waals surface area contributed by atoms with Gasteiger partial charge in [-0.3, -0.25) is 9.59 Å². The fourth-order valence-electron chi connectivity index (χ4n) is 2.57. The van der Waals surface area contributed by atoms with Crippen molar-refractivity contribution in [3.8, 4) is 11.5 Å². The average Bonchev–Trinajstić information content (AvgIpc) is 3.03. The molecule has 1 heterocycles. The van der Waals surface area contributed by atoms with E-state index in [0.717, 1.165) is 11.3 Å². The molecule has 0 saturated carbocycles. The number of hydrogen-bond acceptors (Lipinski definition) is 5. The Morgan fingerprint density at radius 3 is 2.61 bits per heavy atom. The van der Waals surface area contributed by atoms with Gasteiger partial charge in [0.1, 0.15) is 10.6 Å². The highest BCUT2D eigenvalue weighted by Gasteiger charge is 2.21. The van der Waals surface area contributed by atoms with Crippen LogP contribution in [0.3, 0.4) is 0 Å². The van der Waals surface area contributed by atoms with Crippen molar-refractivity contribution in [2.75, 3.05) is 26.1 Å². The van der Waals surface area contributed by atoms with Crippen LogP contribution in [0.25, 0.3) is 10.1 Å². The van der Waals surface area contributed by atoms with Gasteiger partial charge in [0, 0.05) is 17.1 Å². The first-order chi connectivity index (χ1) is 13.4. The van der Waals surface area contributed by atoms with Crippen LogP contribution in [0, 0.1) is 0 Å². The number of benzene rings is 2. The first-order valence-corrected chi connectivity index (χ1v) is 9.68. The number of carbonyl (C=O) groups is 2. The molecular weight excluding hydrogens is 423 g/mol. The van der Waals surface area contributed by atoms with Crippen molar-refractivity contribution < 1.29 is 19.1 Å². The lowest BCUT2D eigenvalue weighted by Gasteiger charge is -2.08. The molecule has 0 unspecified atom stereocenters. The summed E-state index contributed by atoms with van der Waals surface area (Å²) in [5, 5.41) is 6.65. The molecule has 0 aliphatic heterocycles. The summed E-state index contributed by atoms with van der Waals surface area (Å²) in [6.45, 7) is -0.210. The highest BCUT2D eigenvalue weighted by Crippen LogP contribution is 2.43. The molecule has 0 fully saturated rings. The first kappa shape index (κ1) is 20.3. The number of methoxy groups -OCH3 is 2. The van der Waals surface area contributed by atoms with Gasteiger partial charge in [-0.1, -0.05) is 35.3 Å². The zero-order chi connectivity index (χ0) is 20.3. The zero-order valence-electron chi connectivity index (χ0n) is 15.0. The van der Waals surface area contributed by atoms with E-state index in [2.05, 4.69) is 10.6 Å². The Bertz CT molecular complexity index is 1050. The Balaban J connectivity index is 1.71. The van der Waals surface area contributed by atoms with E-state index in [1.807, 2.05) is 0 Å². The molecule has 0 radical (unpaired) electrons. The second-order valence-corrected chi connectivity index (χ2v) is 7.47. The fourth-order valence-corrected chi connectivity index (χ4v) is 4.41. The number of halogens is 2. The molecule has 6 nitrogen and oxygen atoms in total. The molecule has 146 valence electrons. The lowest BCUT2D eigenvalue weighted by atomic mass is 10.2. The minimum Gasteiger partial charge on any atom is -0.497 e. The van der Waals surface area contributed by atoms with Gasteiger partial charge >= 0.3 is 0 Å². The van der Waals surface area contributed by atoms with E-state index in [0.29, 0.717) is 37.3 Å². The number of thiophene rings is 1. The van der Waals surface area contributed by atoms with Crippen molar-refractivity contribution in [3.05, 3.63) is 51.3 Å². The van der Waals surface area contributed by atoms with Crippen molar-refractivity contribution >= 4 is 62.1 Å². The van der Waals surface area contributed by atoms with Gasteiger partial charge in [-0.05, 0) is 18.2 Å². The quantitative estimate of drug-likeness (QED) is 0.589. The monoisotopic (exact) mass is 438 g/mol. The number of hydrogen-bond donors (Lipinski definition) is 2. The van der Waals surface area contributed by atoms with E-state index in [1.54, 1.807) is 36.4 Å². The Hall–Kier alpha value is -2.48. The number of fused-ring (bicyclic) bond motifs is 1. The minimum atomic E-state index is -0.454. The lowest BCUT2D eigenvalue weighted by Crippen LogP contribution is -2.32. The summed E-state index contributed by atoms with van der Waals surface area (Å²) in [5.41, 5.74) is 0.567. The van der Waals surface area contributed by atoms with Gasteiger partial charge in [-0.2, -0.15) is 0 Å². The van der Waals surface area contributed by atoms with Gasteiger partial charge in [0.05, 0.1) is 35.5 Å². The molecule has 3 aromatic rings. The summed E-state index contributed by atoms with van der Waals surface area (Å²) in [5.74, 6) is 0.247. The Kier molecular flexibility index (Phi) is 6.28. The van der Waals surface area contributed by atoms with Gasteiger partial charge in [0.2, 0.25) is 5.91 Å². The maximum atomic E-state index is 12.5. The summed E-state index contributed by atoms with van der Waals surface area (Å²) < 4.78 is 11.1. The molecule has 2 amide bonds. The topological polar surface area (TPSA) is 76.7 Å². The highest BCUT2D eigenvalue weighted by molar-refractivity contribution is 7.22. The van der Waals surface area contributed by atoms with Crippen molar-refractivity contribution in [1.29, 1.82) is 0 Å². The Morgan fingerprint density at radius 2 is 1.89 bits per heavy atom. The molecule has 0 aliphatic rings. The second kappa shape index (κ2) is 8.68. The molecule has 3 rings (SSSR count). The standard InChI is InChI=1S/C19H16Cl2N2O4S/c1-26-11-5-3-4-10(8-11)23-14(24)9-22-19(25)18-15(21)12-6-7-13(20)16(27-2)17(12)28-18/h3-8H,9H2,1-2H3,(H,22,25)(H,23,24). The predicted molar refractivity (Wildman–Crippen MR) is 112 cm³/mol. The number of carbonyl (C=O) groups excluding carboxylic acids is 2. The van der Waals surface area contributed by atoms with Crippen molar-refractivity contribution in [3.63, 3.8) is 0 Å². The van der Waals surface area contributed by atoms with Gasteiger partial charge < -0.3 is 20.1 Å². The lowest BCUT2D eigenvalue weighted by molar-refractivity contribution is -0.115. The molecule has 9 heteroatoms. The molecule has 0 bridgehead atoms. The van der Waals surface area contributed by atoms with E-state index >= 15 is 0 Å². The van der Waals surface area contributed by atoms with E-state index in [-0.39, 0.29) is 17.3 Å². The number of ether oxygens (including phenoxy) is 2. The molecule has 0 aliphatic carbocycles. The van der Waals surface area contributed by atoms with Crippen LogP contribution in [0.5, 0.6) is 11.5 Å². The normalized spacial score (nSPS) is 10.6. The van der Waals surface area contributed by atoms with Crippen LogP contribution in [0.4, 0.5) is 5.69 Å². The summed E-state index contributed by atoms with van der Waals surface area (Å²) in [4.78, 5) is 24.9. The van der Waals surface area contributed by atoms with Crippen LogP contribution < -0.4 is 20.1 Å². The predicted octanol–water partition coefficient (Wildman–Crippen LogP) is 4.59. The molecule has 0 spiro atoms. The summed E-state index contributed by atoms with van der Waals surface area (Å²) in [6, 6.07) is 10.3. The third-order valence-corrected chi connectivity index (χ3v) is 5.88. The maximum Gasteiger partial charge on any atom is 0.263 e. The van der Waals surface area contributed by atoms with Gasteiger partial charge in [-0.25, -0.2) is 0 Å². The van der Waals surface area contributed by atoms with Gasteiger partial charge in [-0.15, -0.1) is 11.3 Å². The van der Waals surface area contributed by atoms with Crippen molar-refractivity contribution in [2.24, 2.45) is 0 Å². The number of nitrogens with one attached hydrogen (secondary N) is 2. The SMILES string of the molecule is COc1cccc(NC(=O)CNC(=O)c2sc3c(OC)c(Cl)ccc3c2Cl)c1. The Labute approximate surface area is 175 Å². The first-order valence-electron chi connectivity index (χ1n) is 8.11. The third kappa shape index (κ3) is 4.16. The molecule has 0 saturated heterocycles. The van der Waals surface area contributed by atoms with E-state index < -0.39 is 5.91 Å². The largest absolute Gasteiger partial charge is 0.497 e. The number of anilines is 1. The van der Waals surface area contributed by atoms with Gasteiger partial charge in [0.25, 0.3) is 5.91 Å². The van der Waals surface area contributed by atoms with Crippen molar-refractivity contribution in [1.82, 2.24) is 5.32 Å². The minimum absolute atomic E-state index is 0.210. The van der Waals surface area contributed by atoms with Gasteiger partial charge in [0.15, 0.2) is 5.75 Å². The van der Waals surface area contributed by atoms with Crippen LogP contribution in [0.1, 0.15) is 9.67 Å². The molecule has 2 aromatic carbocycles. The van der Waals surface area contributed by atoms with Crippen LogP contribution in [-0.2, 0) is 4.79 Å². The van der Waals surface area contributed by atoms with Crippen LogP contribution in [-0.4, -0.2) is 32.6 Å². The average molecular weight is 439 g/mol. The maximum absolute atomic E-state index is 12.5. The fraction of sp³-hybridized carbons (Fsp3) is 0.158. The third-order valence-electron chi connectivity index (χ3n) is 3.88. The highest BCUT2D eigenvalue weighted by atomic mass is 35.5. The summed E-state index contributed by atoms with van der Waals surface area (Å²) in [6.07, 6.45) is 0. The summed E-state index contributed by atoms with van der Waals surface area (Å²) in [7, 11) is 3.04. The van der Waals surface area contributed by atoms with Crippen LogP contribution >= 0.6 is 34.5 Å².